The average Bonchev–Trinajstić information content (AvgIpc) is 2.77. The Morgan fingerprint density at radius 1 is 1.16 bits per heavy atom. The quantitative estimate of drug-likeness (QED) is 0.724. The molecule has 1 saturated heterocycles. The first-order valence-corrected chi connectivity index (χ1v) is 11.9. The number of rotatable bonds is 6. The van der Waals surface area contributed by atoms with Crippen molar-refractivity contribution in [3.05, 3.63) is 53.6 Å². The molecular formula is C24H30N4O2S. The minimum atomic E-state index is -0.0932. The summed E-state index contributed by atoms with van der Waals surface area (Å²) in [5.41, 5.74) is 3.91. The van der Waals surface area contributed by atoms with E-state index in [9.17, 15) is 9.59 Å². The number of carbonyl (C=O) groups excluding carboxylic acids is 2. The van der Waals surface area contributed by atoms with Gasteiger partial charge in [-0.15, -0.1) is 11.8 Å². The average molecular weight is 439 g/mol. The molecule has 2 heterocycles. The largest absolute Gasteiger partial charge is 0.369 e. The first-order chi connectivity index (χ1) is 15.0. The van der Waals surface area contributed by atoms with Crippen molar-refractivity contribution in [2.24, 2.45) is 0 Å². The van der Waals surface area contributed by atoms with Gasteiger partial charge in [0, 0.05) is 54.9 Å². The highest BCUT2D eigenvalue weighted by Crippen LogP contribution is 2.32. The molecule has 0 aliphatic carbocycles. The molecule has 2 aromatic rings. The van der Waals surface area contributed by atoms with E-state index in [1.54, 1.807) is 6.07 Å². The third-order valence-electron chi connectivity index (χ3n) is 5.87. The molecule has 0 aromatic heterocycles. The van der Waals surface area contributed by atoms with Crippen LogP contribution in [-0.4, -0.2) is 61.2 Å². The van der Waals surface area contributed by atoms with Gasteiger partial charge in [0.1, 0.15) is 0 Å². The summed E-state index contributed by atoms with van der Waals surface area (Å²) in [5, 5.41) is 5.94. The van der Waals surface area contributed by atoms with E-state index in [-0.39, 0.29) is 17.9 Å². The normalized spacial score (nSPS) is 17.6. The van der Waals surface area contributed by atoms with Gasteiger partial charge >= 0.3 is 0 Å². The molecule has 2 N–H and O–H groups in total. The molecule has 0 radical (unpaired) electrons. The lowest BCUT2D eigenvalue weighted by molar-refractivity contribution is -0.113. The smallest absolute Gasteiger partial charge is 0.251 e. The van der Waals surface area contributed by atoms with Crippen LogP contribution >= 0.6 is 11.8 Å². The SMILES string of the molecule is Cc1cccc(N2CCN(CCC(C)NC(=O)c3ccc4c(c3)NC(=O)CS4)CC2)c1. The molecule has 1 unspecified atom stereocenters. The predicted octanol–water partition coefficient (Wildman–Crippen LogP) is 3.37. The van der Waals surface area contributed by atoms with Gasteiger partial charge in [0.15, 0.2) is 0 Å². The third-order valence-corrected chi connectivity index (χ3v) is 6.94. The van der Waals surface area contributed by atoms with Crippen molar-refractivity contribution >= 4 is 35.0 Å². The zero-order valence-corrected chi connectivity index (χ0v) is 19.0. The van der Waals surface area contributed by atoms with Crippen LogP contribution in [0.4, 0.5) is 11.4 Å². The van der Waals surface area contributed by atoms with Crippen molar-refractivity contribution in [1.82, 2.24) is 10.2 Å². The fourth-order valence-electron chi connectivity index (χ4n) is 4.03. The number of carbonyl (C=O) groups is 2. The highest BCUT2D eigenvalue weighted by atomic mass is 32.2. The molecule has 31 heavy (non-hydrogen) atoms. The maximum Gasteiger partial charge on any atom is 0.251 e. The van der Waals surface area contributed by atoms with Gasteiger partial charge in [-0.2, -0.15) is 0 Å². The van der Waals surface area contributed by atoms with Gasteiger partial charge in [-0.05, 0) is 56.2 Å². The summed E-state index contributed by atoms with van der Waals surface area (Å²) in [7, 11) is 0. The Morgan fingerprint density at radius 2 is 1.97 bits per heavy atom. The number of benzene rings is 2. The topological polar surface area (TPSA) is 64.7 Å². The first-order valence-electron chi connectivity index (χ1n) is 10.9. The van der Waals surface area contributed by atoms with Gasteiger partial charge in [0.2, 0.25) is 5.91 Å². The summed E-state index contributed by atoms with van der Waals surface area (Å²) in [5.74, 6) is 0.310. The van der Waals surface area contributed by atoms with Gasteiger partial charge in [0.25, 0.3) is 5.91 Å². The fourth-order valence-corrected chi connectivity index (χ4v) is 4.82. The maximum atomic E-state index is 12.6. The van der Waals surface area contributed by atoms with E-state index in [0.717, 1.165) is 49.7 Å². The highest BCUT2D eigenvalue weighted by Gasteiger charge is 2.20. The van der Waals surface area contributed by atoms with Crippen LogP contribution in [0.3, 0.4) is 0 Å². The third kappa shape index (κ3) is 5.60. The molecule has 7 heteroatoms. The molecule has 6 nitrogen and oxygen atoms in total. The van der Waals surface area contributed by atoms with Crippen molar-refractivity contribution < 1.29 is 9.59 Å². The van der Waals surface area contributed by atoms with Crippen LogP contribution in [0.2, 0.25) is 0 Å². The van der Waals surface area contributed by atoms with E-state index >= 15 is 0 Å². The minimum absolute atomic E-state index is 0.0223. The van der Waals surface area contributed by atoms with Crippen LogP contribution in [-0.2, 0) is 4.79 Å². The van der Waals surface area contributed by atoms with Crippen molar-refractivity contribution in [1.29, 1.82) is 0 Å². The summed E-state index contributed by atoms with van der Waals surface area (Å²) in [6, 6.07) is 14.3. The van der Waals surface area contributed by atoms with Crippen molar-refractivity contribution in [2.75, 3.05) is 48.7 Å². The monoisotopic (exact) mass is 438 g/mol. The van der Waals surface area contributed by atoms with Crippen LogP contribution in [0.15, 0.2) is 47.4 Å². The number of aryl methyl sites for hydroxylation is 1. The molecular weight excluding hydrogens is 408 g/mol. The fraction of sp³-hybridized carbons (Fsp3) is 0.417. The van der Waals surface area contributed by atoms with E-state index < -0.39 is 0 Å². The molecule has 0 spiro atoms. The Hall–Kier alpha value is -2.51. The second kappa shape index (κ2) is 9.75. The Labute approximate surface area is 188 Å². The number of piperazine rings is 1. The molecule has 0 bridgehead atoms. The standard InChI is InChI=1S/C24H30N4O2S/c1-17-4-3-5-20(14-17)28-12-10-27(11-13-28)9-8-18(2)25-24(30)19-6-7-22-21(15-19)26-23(29)16-31-22/h3-7,14-15,18H,8-13,16H2,1-2H3,(H,25,30)(H,26,29). The van der Waals surface area contributed by atoms with E-state index in [0.29, 0.717) is 11.3 Å². The van der Waals surface area contributed by atoms with Crippen LogP contribution < -0.4 is 15.5 Å². The highest BCUT2D eigenvalue weighted by molar-refractivity contribution is 8.00. The summed E-state index contributed by atoms with van der Waals surface area (Å²) < 4.78 is 0. The minimum Gasteiger partial charge on any atom is -0.369 e. The zero-order valence-electron chi connectivity index (χ0n) is 18.2. The van der Waals surface area contributed by atoms with Gasteiger partial charge < -0.3 is 15.5 Å². The van der Waals surface area contributed by atoms with Gasteiger partial charge in [-0.25, -0.2) is 0 Å². The Balaban J connectivity index is 1.23. The van der Waals surface area contributed by atoms with Gasteiger partial charge in [-0.1, -0.05) is 12.1 Å². The Morgan fingerprint density at radius 3 is 2.74 bits per heavy atom. The molecule has 2 aromatic carbocycles. The zero-order chi connectivity index (χ0) is 21.8. The van der Waals surface area contributed by atoms with E-state index in [2.05, 4.69) is 58.5 Å². The summed E-state index contributed by atoms with van der Waals surface area (Å²) >= 11 is 1.50. The molecule has 2 aliphatic heterocycles. The van der Waals surface area contributed by atoms with Crippen LogP contribution in [0, 0.1) is 6.92 Å². The summed E-state index contributed by atoms with van der Waals surface area (Å²) in [6.07, 6.45) is 0.910. The van der Waals surface area contributed by atoms with E-state index in [4.69, 9.17) is 0 Å². The molecule has 2 amide bonds. The van der Waals surface area contributed by atoms with Gasteiger partial charge in [-0.3, -0.25) is 14.5 Å². The second-order valence-electron chi connectivity index (χ2n) is 8.38. The second-order valence-corrected chi connectivity index (χ2v) is 9.40. The van der Waals surface area contributed by atoms with Crippen molar-refractivity contribution in [3.63, 3.8) is 0 Å². The molecule has 1 fully saturated rings. The lowest BCUT2D eigenvalue weighted by Crippen LogP contribution is -2.47. The number of nitrogens with zero attached hydrogens (tertiary/aromatic N) is 2. The van der Waals surface area contributed by atoms with E-state index in [1.807, 2.05) is 12.1 Å². The lowest BCUT2D eigenvalue weighted by Gasteiger charge is -2.36. The number of hydrogen-bond acceptors (Lipinski definition) is 5. The number of thioether (sulfide) groups is 1. The maximum absolute atomic E-state index is 12.6. The number of anilines is 2. The number of hydrogen-bond donors (Lipinski definition) is 2. The molecule has 4 rings (SSSR count). The first kappa shape index (κ1) is 21.7. The van der Waals surface area contributed by atoms with Crippen LogP contribution in [0.1, 0.15) is 29.3 Å². The predicted molar refractivity (Wildman–Crippen MR) is 127 cm³/mol. The number of fused-ring (bicyclic) bond motifs is 1. The Kier molecular flexibility index (Phi) is 6.83. The molecule has 2 aliphatic rings. The summed E-state index contributed by atoms with van der Waals surface area (Å²) in [4.78, 5) is 30.2. The van der Waals surface area contributed by atoms with Crippen LogP contribution in [0.25, 0.3) is 0 Å². The van der Waals surface area contributed by atoms with Crippen molar-refractivity contribution in [2.45, 2.75) is 31.2 Å². The van der Waals surface area contributed by atoms with E-state index in [1.165, 1.54) is 23.0 Å². The molecule has 1 atom stereocenters. The molecule has 0 saturated carbocycles. The van der Waals surface area contributed by atoms with Gasteiger partial charge in [0.05, 0.1) is 11.4 Å². The Bertz CT molecular complexity index is 956. The number of nitrogens with one attached hydrogen (secondary N) is 2. The molecule has 164 valence electrons. The number of amides is 2. The summed E-state index contributed by atoms with van der Waals surface area (Å²) in [6.45, 7) is 9.30. The van der Waals surface area contributed by atoms with Crippen molar-refractivity contribution in [3.8, 4) is 0 Å². The van der Waals surface area contributed by atoms with Crippen LogP contribution in [0.5, 0.6) is 0 Å². The lowest BCUT2D eigenvalue weighted by atomic mass is 10.1.